The Morgan fingerprint density at radius 3 is 1.46 bits per heavy atom. The van der Waals surface area contributed by atoms with Gasteiger partial charge in [0.1, 0.15) is 6.29 Å². The molecule has 0 aliphatic carbocycles. The monoisotopic (exact) mass is 1080 g/mol. The smallest absolute Gasteiger partial charge is 0.251 e. The van der Waals surface area contributed by atoms with Gasteiger partial charge in [-0.05, 0) is 100.0 Å². The van der Waals surface area contributed by atoms with Crippen molar-refractivity contribution in [2.75, 3.05) is 73.5 Å². The van der Waals surface area contributed by atoms with Crippen LogP contribution < -0.4 is 31.9 Å². The molecule has 6 atom stereocenters. The summed E-state index contributed by atoms with van der Waals surface area (Å²) in [5.74, 6) is -0.819. The topological polar surface area (TPSA) is 222 Å². The van der Waals surface area contributed by atoms with Gasteiger partial charge in [-0.25, -0.2) is 0 Å². The summed E-state index contributed by atoms with van der Waals surface area (Å²) < 4.78 is 0. The van der Waals surface area contributed by atoms with E-state index in [1.807, 2.05) is 107 Å². The van der Waals surface area contributed by atoms with Crippen molar-refractivity contribution in [1.29, 1.82) is 0 Å². The molecular weight excluding hydrogens is 989 g/mol. The summed E-state index contributed by atoms with van der Waals surface area (Å²) in [6, 6.07) is 24.8. The Kier molecular flexibility index (Phi) is 29.8. The van der Waals surface area contributed by atoms with E-state index in [0.29, 0.717) is 89.2 Å². The van der Waals surface area contributed by atoms with E-state index in [-0.39, 0.29) is 76.5 Å². The highest BCUT2D eigenvalue weighted by molar-refractivity contribution is 5.98. The summed E-state index contributed by atoms with van der Waals surface area (Å²) in [6.07, 6.45) is 3.96. The van der Waals surface area contributed by atoms with Crippen molar-refractivity contribution in [3.05, 3.63) is 107 Å². The Bertz CT molecular complexity index is 2310. The molecule has 0 spiro atoms. The molecular formula is C60H94N10O8. The molecule has 6 N–H and O–H groups in total. The van der Waals surface area contributed by atoms with Gasteiger partial charge in [-0.1, -0.05) is 116 Å². The van der Waals surface area contributed by atoms with Gasteiger partial charge in [0, 0.05) is 82.4 Å². The van der Waals surface area contributed by atoms with Crippen LogP contribution in [0.15, 0.2) is 84.9 Å². The van der Waals surface area contributed by atoms with Gasteiger partial charge in [0.15, 0.2) is 0 Å². The first-order chi connectivity index (χ1) is 36.9. The molecule has 0 saturated carbocycles. The van der Waals surface area contributed by atoms with Gasteiger partial charge in [-0.15, -0.1) is 0 Å². The largest absolute Gasteiger partial charge is 0.352 e. The molecule has 432 valence electrons. The lowest BCUT2D eigenvalue weighted by molar-refractivity contribution is -0.139. The number of hydrogen-bond acceptors (Lipinski definition) is 11. The van der Waals surface area contributed by atoms with Crippen LogP contribution in [0.3, 0.4) is 0 Å². The van der Waals surface area contributed by atoms with Gasteiger partial charge >= 0.3 is 0 Å². The third kappa shape index (κ3) is 23.2. The molecule has 78 heavy (non-hydrogen) atoms. The Morgan fingerprint density at radius 2 is 1.09 bits per heavy atom. The highest BCUT2D eigenvalue weighted by atomic mass is 16.2. The molecule has 7 amide bonds. The fourth-order valence-corrected chi connectivity index (χ4v) is 9.06. The number of nitrogens with one attached hydrogen (secondary N) is 6. The molecule has 2 fully saturated rings. The van der Waals surface area contributed by atoms with Crippen LogP contribution in [0, 0.1) is 10.8 Å². The maximum atomic E-state index is 14.1. The summed E-state index contributed by atoms with van der Waals surface area (Å²) in [7, 11) is 5.27. The number of rotatable bonds is 22. The van der Waals surface area contributed by atoms with Crippen LogP contribution in [0.1, 0.15) is 121 Å². The molecule has 2 heterocycles. The quantitative estimate of drug-likeness (QED) is 0.0757. The fourth-order valence-electron chi connectivity index (χ4n) is 9.06. The second-order valence-electron chi connectivity index (χ2n) is 21.9. The molecule has 3 aromatic carbocycles. The zero-order valence-corrected chi connectivity index (χ0v) is 49.2. The molecule has 0 aromatic heterocycles. The van der Waals surface area contributed by atoms with Crippen molar-refractivity contribution in [3.8, 4) is 0 Å². The number of likely N-dealkylation sites (N-methyl/N-ethyl adjacent to an activating group) is 3. The number of hydrogen-bond donors (Lipinski definition) is 6. The lowest BCUT2D eigenvalue weighted by Crippen LogP contribution is -2.55. The number of aldehydes is 1. The number of amides is 7. The summed E-state index contributed by atoms with van der Waals surface area (Å²) >= 11 is 0. The predicted octanol–water partition coefficient (Wildman–Crippen LogP) is 4.72. The molecule has 0 radical (unpaired) electrons. The Morgan fingerprint density at radius 1 is 0.641 bits per heavy atom. The van der Waals surface area contributed by atoms with Crippen molar-refractivity contribution in [3.63, 3.8) is 0 Å². The molecule has 2 saturated heterocycles. The first-order valence-corrected chi connectivity index (χ1v) is 27.5. The van der Waals surface area contributed by atoms with E-state index >= 15 is 0 Å². The summed E-state index contributed by atoms with van der Waals surface area (Å²) in [6.45, 7) is 24.7. The van der Waals surface area contributed by atoms with Crippen molar-refractivity contribution in [2.45, 2.75) is 138 Å². The van der Waals surface area contributed by atoms with Gasteiger partial charge in [-0.3, -0.25) is 33.6 Å². The Hall–Kier alpha value is -6.50. The van der Waals surface area contributed by atoms with Gasteiger partial charge in [0.2, 0.25) is 30.0 Å². The SMILES string of the molecule is CC.CNC(C(=O)N1CC(NC(=O)c2ccc(C(=O)NC3CC(CN(CCc4ccccc4)C(C)=O)N(C=O)C3)cc2)CC1CN(CCc1ccccc1)C(C)=O)C(C)(C)C.CNCC(=O)NC(C)C(C)(C)C.CNCC=O. The molecule has 5 rings (SSSR count). The van der Waals surface area contributed by atoms with E-state index in [1.54, 1.807) is 67.0 Å². The zero-order chi connectivity index (χ0) is 58.6. The average molecular weight is 1080 g/mol. The number of likely N-dealkylation sites (tertiary alicyclic amines) is 2. The van der Waals surface area contributed by atoms with E-state index < -0.39 is 6.04 Å². The predicted molar refractivity (Wildman–Crippen MR) is 310 cm³/mol. The zero-order valence-electron chi connectivity index (χ0n) is 49.2. The van der Waals surface area contributed by atoms with Crippen LogP contribution in [0.4, 0.5) is 0 Å². The van der Waals surface area contributed by atoms with E-state index in [4.69, 9.17) is 0 Å². The van der Waals surface area contributed by atoms with Crippen LogP contribution in [0.2, 0.25) is 0 Å². The van der Waals surface area contributed by atoms with Crippen molar-refractivity contribution in [2.24, 2.45) is 10.8 Å². The molecule has 0 bridgehead atoms. The number of carbonyl (C=O) groups excluding carboxylic acids is 8. The summed E-state index contributed by atoms with van der Waals surface area (Å²) in [5, 5.41) is 17.7. The molecule has 6 unspecified atom stereocenters. The highest BCUT2D eigenvalue weighted by Crippen LogP contribution is 2.27. The Balaban J connectivity index is 0.000000935. The first-order valence-electron chi connectivity index (χ1n) is 27.5. The van der Waals surface area contributed by atoms with E-state index in [9.17, 15) is 38.4 Å². The Labute approximate surface area is 466 Å². The van der Waals surface area contributed by atoms with Crippen LogP contribution in [-0.2, 0) is 41.6 Å². The van der Waals surface area contributed by atoms with Crippen LogP contribution >= 0.6 is 0 Å². The second-order valence-corrected chi connectivity index (χ2v) is 21.9. The normalized spacial score (nSPS) is 17.5. The van der Waals surface area contributed by atoms with Crippen LogP contribution in [0.5, 0.6) is 0 Å². The molecule has 2 aliphatic heterocycles. The summed E-state index contributed by atoms with van der Waals surface area (Å²) in [5.41, 5.74) is 2.74. The fraction of sp³-hybridized carbons (Fsp3) is 0.567. The van der Waals surface area contributed by atoms with E-state index in [0.717, 1.165) is 23.8 Å². The lowest BCUT2D eigenvalue weighted by atomic mass is 9.86. The first kappa shape index (κ1) is 67.6. The van der Waals surface area contributed by atoms with Gasteiger partial charge in [0.05, 0.1) is 31.2 Å². The minimum Gasteiger partial charge on any atom is -0.352 e. The molecule has 18 heteroatoms. The lowest BCUT2D eigenvalue weighted by Gasteiger charge is -2.36. The van der Waals surface area contributed by atoms with Crippen LogP contribution in [0.25, 0.3) is 0 Å². The third-order valence-electron chi connectivity index (χ3n) is 13.9. The van der Waals surface area contributed by atoms with Crippen molar-refractivity contribution in [1.82, 2.24) is 51.5 Å². The highest BCUT2D eigenvalue weighted by Gasteiger charge is 2.42. The molecule has 2 aliphatic rings. The minimum absolute atomic E-state index is 0.0555. The van der Waals surface area contributed by atoms with E-state index in [1.165, 1.54) is 6.92 Å². The third-order valence-corrected chi connectivity index (χ3v) is 13.9. The van der Waals surface area contributed by atoms with Crippen molar-refractivity contribution < 1.29 is 38.4 Å². The maximum absolute atomic E-state index is 14.1. The standard InChI is InChI=1S/C46H61N7O6.C9H20N2O.C3H7NO.C2H6/c1-32(55)50(23-21-34-13-9-7-10-14-34)29-40-25-38(27-52(40)31-54)48-43(57)36-17-19-37(20-18-36)44(58)49-39-26-41(53(28-39)45(59)42(47-6)46(3,4)5)30-51(33(2)56)24-22-35-15-11-8-12-16-35;1-7(9(2,3)4)11-8(12)6-10-5;1-4-2-3-5;1-2/h7-20,31,38-42,47H,21-30H2,1-6H3,(H,48,57)(H,49,58);7,10H,6H2,1-5H3,(H,11,12);3-4H,2H2,1H3;1-2H3. The van der Waals surface area contributed by atoms with Gasteiger partial charge < -0.3 is 56.3 Å². The average Bonchev–Trinajstić information content (AvgIpc) is 3.99. The molecule has 3 aromatic rings. The number of carbonyl (C=O) groups is 8. The molecule has 18 nitrogen and oxygen atoms in total. The maximum Gasteiger partial charge on any atom is 0.251 e. The number of nitrogens with zero attached hydrogens (tertiary/aromatic N) is 4. The second kappa shape index (κ2) is 34.4. The van der Waals surface area contributed by atoms with Crippen molar-refractivity contribution >= 4 is 48.1 Å². The van der Waals surface area contributed by atoms with E-state index in [2.05, 4.69) is 52.7 Å². The summed E-state index contributed by atoms with van der Waals surface area (Å²) in [4.78, 5) is 106. The minimum atomic E-state index is -0.468. The van der Waals surface area contributed by atoms with Crippen LogP contribution in [-0.4, -0.2) is 177 Å². The van der Waals surface area contributed by atoms with Gasteiger partial charge in [-0.2, -0.15) is 0 Å². The van der Waals surface area contributed by atoms with Gasteiger partial charge in [0.25, 0.3) is 11.8 Å². The number of benzene rings is 3.